The standard InChI is InChI=1S/C16H26N2O2/c1-12-8-17-15(13(2)16(12)20-4)10-18-7-5-6-14(9-18)11-19-3/h8,14H,5-7,9-11H2,1-4H3. The molecule has 1 aromatic rings. The molecule has 1 aromatic heterocycles. The molecule has 112 valence electrons. The van der Waals surface area contributed by atoms with Crippen LogP contribution >= 0.6 is 0 Å². The van der Waals surface area contributed by atoms with Gasteiger partial charge in [-0.2, -0.15) is 0 Å². The van der Waals surface area contributed by atoms with Crippen molar-refractivity contribution in [3.63, 3.8) is 0 Å². The molecule has 0 aromatic carbocycles. The second-order valence-electron chi connectivity index (χ2n) is 5.74. The molecule has 0 amide bonds. The predicted octanol–water partition coefficient (Wildman–Crippen LogP) is 2.57. The Labute approximate surface area is 122 Å². The lowest BCUT2D eigenvalue weighted by atomic mass is 9.98. The van der Waals surface area contributed by atoms with E-state index in [4.69, 9.17) is 9.47 Å². The Morgan fingerprint density at radius 1 is 1.35 bits per heavy atom. The molecule has 0 N–H and O–H groups in total. The molecule has 1 saturated heterocycles. The van der Waals surface area contributed by atoms with Crippen molar-refractivity contribution in [2.45, 2.75) is 33.2 Å². The van der Waals surface area contributed by atoms with Crippen LogP contribution in [0.1, 0.15) is 29.7 Å². The number of likely N-dealkylation sites (tertiary alicyclic amines) is 1. The van der Waals surface area contributed by atoms with Crippen molar-refractivity contribution < 1.29 is 9.47 Å². The third-order valence-electron chi connectivity index (χ3n) is 4.13. The third-order valence-corrected chi connectivity index (χ3v) is 4.13. The molecule has 20 heavy (non-hydrogen) atoms. The van der Waals surface area contributed by atoms with Crippen LogP contribution in [0.5, 0.6) is 5.75 Å². The first-order valence-electron chi connectivity index (χ1n) is 7.36. The highest BCUT2D eigenvalue weighted by atomic mass is 16.5. The molecule has 1 aliphatic heterocycles. The summed E-state index contributed by atoms with van der Waals surface area (Å²) in [6.07, 6.45) is 4.43. The highest BCUT2D eigenvalue weighted by molar-refractivity contribution is 5.41. The van der Waals surface area contributed by atoms with Crippen LogP contribution in [0, 0.1) is 19.8 Å². The van der Waals surface area contributed by atoms with Crippen molar-refractivity contribution >= 4 is 0 Å². The van der Waals surface area contributed by atoms with Gasteiger partial charge in [0.1, 0.15) is 5.75 Å². The summed E-state index contributed by atoms with van der Waals surface area (Å²) in [6.45, 7) is 8.16. The third kappa shape index (κ3) is 3.49. The smallest absolute Gasteiger partial charge is 0.128 e. The van der Waals surface area contributed by atoms with Crippen molar-refractivity contribution in [1.29, 1.82) is 0 Å². The van der Waals surface area contributed by atoms with E-state index in [2.05, 4.69) is 16.8 Å². The molecule has 2 heterocycles. The first-order chi connectivity index (χ1) is 9.65. The van der Waals surface area contributed by atoms with E-state index in [0.717, 1.165) is 43.2 Å². The molecule has 0 radical (unpaired) electrons. The van der Waals surface area contributed by atoms with Crippen molar-refractivity contribution in [3.05, 3.63) is 23.0 Å². The second kappa shape index (κ2) is 7.04. The van der Waals surface area contributed by atoms with Gasteiger partial charge in [-0.15, -0.1) is 0 Å². The summed E-state index contributed by atoms with van der Waals surface area (Å²) < 4.78 is 10.8. The van der Waals surface area contributed by atoms with Gasteiger partial charge in [-0.25, -0.2) is 0 Å². The zero-order valence-corrected chi connectivity index (χ0v) is 13.1. The molecule has 1 fully saturated rings. The van der Waals surface area contributed by atoms with E-state index in [1.54, 1.807) is 14.2 Å². The first-order valence-corrected chi connectivity index (χ1v) is 7.36. The Morgan fingerprint density at radius 3 is 2.85 bits per heavy atom. The molecule has 1 atom stereocenters. The van der Waals surface area contributed by atoms with E-state index < -0.39 is 0 Å². The largest absolute Gasteiger partial charge is 0.496 e. The minimum Gasteiger partial charge on any atom is -0.496 e. The van der Waals surface area contributed by atoms with Gasteiger partial charge in [0, 0.05) is 37.5 Å². The van der Waals surface area contributed by atoms with Crippen molar-refractivity contribution in [3.8, 4) is 5.75 Å². The van der Waals surface area contributed by atoms with Crippen LogP contribution < -0.4 is 4.74 Å². The van der Waals surface area contributed by atoms with Crippen molar-refractivity contribution in [2.24, 2.45) is 5.92 Å². The van der Waals surface area contributed by atoms with Crippen molar-refractivity contribution in [2.75, 3.05) is 33.9 Å². The van der Waals surface area contributed by atoms with Gasteiger partial charge in [0.15, 0.2) is 0 Å². The van der Waals surface area contributed by atoms with E-state index in [-0.39, 0.29) is 0 Å². The second-order valence-corrected chi connectivity index (χ2v) is 5.74. The average Bonchev–Trinajstić information content (AvgIpc) is 2.43. The predicted molar refractivity (Wildman–Crippen MR) is 80.1 cm³/mol. The monoisotopic (exact) mass is 278 g/mol. The van der Waals surface area contributed by atoms with Crippen LogP contribution in [-0.2, 0) is 11.3 Å². The molecule has 1 aliphatic rings. The number of nitrogens with zero attached hydrogens (tertiary/aromatic N) is 2. The van der Waals surface area contributed by atoms with Crippen LogP contribution in [-0.4, -0.2) is 43.8 Å². The summed E-state index contributed by atoms with van der Waals surface area (Å²) in [5, 5.41) is 0. The lowest BCUT2D eigenvalue weighted by molar-refractivity contribution is 0.0866. The fourth-order valence-electron chi connectivity index (χ4n) is 3.11. The first kappa shape index (κ1) is 15.3. The van der Waals surface area contributed by atoms with E-state index in [9.17, 15) is 0 Å². The molecule has 0 spiro atoms. The van der Waals surface area contributed by atoms with Crippen LogP contribution in [0.4, 0.5) is 0 Å². The van der Waals surface area contributed by atoms with E-state index in [1.807, 2.05) is 13.1 Å². The summed E-state index contributed by atoms with van der Waals surface area (Å²) >= 11 is 0. The summed E-state index contributed by atoms with van der Waals surface area (Å²) in [7, 11) is 3.52. The van der Waals surface area contributed by atoms with Gasteiger partial charge >= 0.3 is 0 Å². The van der Waals surface area contributed by atoms with Crippen molar-refractivity contribution in [1.82, 2.24) is 9.88 Å². The number of hydrogen-bond acceptors (Lipinski definition) is 4. The summed E-state index contributed by atoms with van der Waals surface area (Å²) in [4.78, 5) is 7.08. The zero-order valence-electron chi connectivity index (χ0n) is 13.1. The summed E-state index contributed by atoms with van der Waals surface area (Å²) in [6, 6.07) is 0. The number of pyridine rings is 1. The van der Waals surface area contributed by atoms with E-state index >= 15 is 0 Å². The molecular weight excluding hydrogens is 252 g/mol. The van der Waals surface area contributed by atoms with Crippen LogP contribution in [0.25, 0.3) is 0 Å². The van der Waals surface area contributed by atoms with Gasteiger partial charge in [0.05, 0.1) is 19.4 Å². The van der Waals surface area contributed by atoms with E-state index in [1.165, 1.54) is 18.4 Å². The van der Waals surface area contributed by atoms with Crippen LogP contribution in [0.2, 0.25) is 0 Å². The normalized spacial score (nSPS) is 20.1. The Hall–Kier alpha value is -1.13. The van der Waals surface area contributed by atoms with Gasteiger partial charge in [-0.05, 0) is 39.2 Å². The fourth-order valence-corrected chi connectivity index (χ4v) is 3.11. The Morgan fingerprint density at radius 2 is 2.15 bits per heavy atom. The number of hydrogen-bond donors (Lipinski definition) is 0. The molecule has 2 rings (SSSR count). The SMILES string of the molecule is COCC1CCCN(Cc2ncc(C)c(OC)c2C)C1. The summed E-state index contributed by atoms with van der Waals surface area (Å²) in [5.74, 6) is 1.63. The number of aryl methyl sites for hydroxylation is 1. The Bertz CT molecular complexity index is 446. The summed E-state index contributed by atoms with van der Waals surface area (Å²) in [5.41, 5.74) is 3.40. The van der Waals surface area contributed by atoms with Gasteiger partial charge in [0.25, 0.3) is 0 Å². The van der Waals surface area contributed by atoms with Gasteiger partial charge < -0.3 is 9.47 Å². The maximum absolute atomic E-state index is 5.49. The van der Waals surface area contributed by atoms with Gasteiger partial charge in [-0.3, -0.25) is 9.88 Å². The Balaban J connectivity index is 2.06. The number of piperidine rings is 1. The lowest BCUT2D eigenvalue weighted by Gasteiger charge is -2.32. The fraction of sp³-hybridized carbons (Fsp3) is 0.688. The highest BCUT2D eigenvalue weighted by Gasteiger charge is 2.21. The van der Waals surface area contributed by atoms with Gasteiger partial charge in [-0.1, -0.05) is 0 Å². The number of rotatable bonds is 5. The van der Waals surface area contributed by atoms with Crippen LogP contribution in [0.15, 0.2) is 6.20 Å². The average molecular weight is 278 g/mol. The molecule has 0 bridgehead atoms. The molecule has 4 nitrogen and oxygen atoms in total. The van der Waals surface area contributed by atoms with Crippen LogP contribution in [0.3, 0.4) is 0 Å². The molecule has 0 saturated carbocycles. The maximum Gasteiger partial charge on any atom is 0.128 e. The number of aromatic nitrogens is 1. The van der Waals surface area contributed by atoms with Gasteiger partial charge in [0.2, 0.25) is 0 Å². The quantitative estimate of drug-likeness (QED) is 0.829. The molecule has 0 aliphatic carbocycles. The highest BCUT2D eigenvalue weighted by Crippen LogP contribution is 2.26. The molecule has 4 heteroatoms. The minimum absolute atomic E-state index is 0.654. The number of methoxy groups -OCH3 is 2. The zero-order chi connectivity index (χ0) is 14.5. The Kier molecular flexibility index (Phi) is 5.38. The maximum atomic E-state index is 5.49. The lowest BCUT2D eigenvalue weighted by Crippen LogP contribution is -2.37. The number of ether oxygens (including phenoxy) is 2. The molecule has 1 unspecified atom stereocenters. The minimum atomic E-state index is 0.654. The topological polar surface area (TPSA) is 34.6 Å². The van der Waals surface area contributed by atoms with E-state index in [0.29, 0.717) is 5.92 Å². The molecular formula is C16H26N2O2.